The Balaban J connectivity index is 1.43. The van der Waals surface area contributed by atoms with E-state index in [0.717, 1.165) is 22.4 Å². The Bertz CT molecular complexity index is 1690. The first-order chi connectivity index (χ1) is 20.9. The van der Waals surface area contributed by atoms with Crippen LogP contribution in [-0.2, 0) is 29.2 Å². The van der Waals surface area contributed by atoms with Crippen LogP contribution in [0.3, 0.4) is 0 Å². The molecule has 218 valence electrons. The summed E-state index contributed by atoms with van der Waals surface area (Å²) in [6, 6.07) is 23.2. The number of fused-ring (bicyclic) bond motifs is 1. The first-order valence-electron chi connectivity index (χ1n) is 14.3. The Morgan fingerprint density at radius 3 is 2.51 bits per heavy atom. The number of hydrogen-bond acceptors (Lipinski definition) is 7. The van der Waals surface area contributed by atoms with Gasteiger partial charge in [0.2, 0.25) is 0 Å². The second-order valence-electron chi connectivity index (χ2n) is 10.7. The van der Waals surface area contributed by atoms with Crippen molar-refractivity contribution in [1.82, 2.24) is 9.88 Å². The molecule has 0 unspecified atom stereocenters. The number of rotatable bonds is 9. The fraction of sp³-hybridized carbons (Fsp3) is 0.229. The van der Waals surface area contributed by atoms with Crippen LogP contribution in [0.25, 0.3) is 5.76 Å². The number of carbonyl (C=O) groups is 2. The third kappa shape index (κ3) is 5.68. The highest BCUT2D eigenvalue weighted by atomic mass is 16.5. The molecular formula is C35H32N2O6. The number of benzene rings is 3. The molecule has 1 saturated heterocycles. The maximum Gasteiger partial charge on any atom is 0.295 e. The fourth-order valence-electron chi connectivity index (χ4n) is 5.62. The average molecular weight is 577 g/mol. The maximum absolute atomic E-state index is 13.6. The van der Waals surface area contributed by atoms with Gasteiger partial charge in [0.25, 0.3) is 11.7 Å². The van der Waals surface area contributed by atoms with Gasteiger partial charge in [-0.15, -0.1) is 0 Å². The highest BCUT2D eigenvalue weighted by molar-refractivity contribution is 6.46. The van der Waals surface area contributed by atoms with Gasteiger partial charge < -0.3 is 24.2 Å². The molecule has 0 radical (unpaired) electrons. The van der Waals surface area contributed by atoms with Crippen LogP contribution in [0.2, 0.25) is 0 Å². The predicted molar refractivity (Wildman–Crippen MR) is 161 cm³/mol. The van der Waals surface area contributed by atoms with E-state index in [1.165, 1.54) is 4.90 Å². The van der Waals surface area contributed by atoms with Gasteiger partial charge in [-0.2, -0.15) is 0 Å². The number of amides is 1. The molecule has 2 aliphatic heterocycles. The number of Topliss-reactive ketones (excluding diaryl/α,β-unsaturated/α-hetero) is 1. The van der Waals surface area contributed by atoms with Gasteiger partial charge in [0.15, 0.2) is 11.5 Å². The van der Waals surface area contributed by atoms with Crippen molar-refractivity contribution in [1.29, 1.82) is 0 Å². The summed E-state index contributed by atoms with van der Waals surface area (Å²) in [4.78, 5) is 32.7. The summed E-state index contributed by atoms with van der Waals surface area (Å²) >= 11 is 0. The number of aliphatic hydroxyl groups is 1. The van der Waals surface area contributed by atoms with E-state index in [9.17, 15) is 14.7 Å². The van der Waals surface area contributed by atoms with E-state index in [1.54, 1.807) is 48.8 Å². The van der Waals surface area contributed by atoms with Crippen LogP contribution in [0.15, 0.2) is 96.8 Å². The lowest BCUT2D eigenvalue weighted by atomic mass is 9.94. The Labute approximate surface area is 250 Å². The fourth-order valence-corrected chi connectivity index (χ4v) is 5.62. The minimum Gasteiger partial charge on any atom is -0.507 e. The van der Waals surface area contributed by atoms with Crippen molar-refractivity contribution in [2.45, 2.75) is 45.6 Å². The quantitative estimate of drug-likeness (QED) is 0.148. The van der Waals surface area contributed by atoms with Crippen LogP contribution < -0.4 is 14.2 Å². The summed E-state index contributed by atoms with van der Waals surface area (Å²) in [6.07, 6.45) is 4.00. The Kier molecular flexibility index (Phi) is 7.83. The van der Waals surface area contributed by atoms with E-state index in [-0.39, 0.29) is 24.0 Å². The number of aliphatic hydroxyl groups excluding tert-OH is 1. The molecule has 3 heterocycles. The molecule has 0 bridgehead atoms. The molecule has 8 heteroatoms. The molecule has 0 aliphatic carbocycles. The van der Waals surface area contributed by atoms with Gasteiger partial charge in [-0.1, -0.05) is 36.4 Å². The predicted octanol–water partition coefficient (Wildman–Crippen LogP) is 6.00. The number of ether oxygens (including phenoxy) is 3. The van der Waals surface area contributed by atoms with Crippen LogP contribution in [-0.4, -0.2) is 39.4 Å². The number of likely N-dealkylation sites (tertiary alicyclic amines) is 1. The zero-order chi connectivity index (χ0) is 29.9. The van der Waals surface area contributed by atoms with Crippen molar-refractivity contribution in [2.24, 2.45) is 0 Å². The van der Waals surface area contributed by atoms with Crippen molar-refractivity contribution < 1.29 is 28.9 Å². The molecule has 4 aromatic rings. The van der Waals surface area contributed by atoms with Crippen molar-refractivity contribution in [3.63, 3.8) is 0 Å². The number of carbonyl (C=O) groups excluding carboxylic acids is 2. The van der Waals surface area contributed by atoms with Crippen molar-refractivity contribution in [3.05, 3.63) is 125 Å². The third-order valence-electron chi connectivity index (χ3n) is 7.63. The molecule has 1 amide bonds. The Morgan fingerprint density at radius 2 is 1.74 bits per heavy atom. The van der Waals surface area contributed by atoms with Crippen molar-refractivity contribution in [2.75, 3.05) is 6.61 Å². The van der Waals surface area contributed by atoms with Gasteiger partial charge in [-0.25, -0.2) is 0 Å². The smallest absolute Gasteiger partial charge is 0.295 e. The zero-order valence-corrected chi connectivity index (χ0v) is 24.0. The third-order valence-corrected chi connectivity index (χ3v) is 7.63. The monoisotopic (exact) mass is 576 g/mol. The lowest BCUT2D eigenvalue weighted by Crippen LogP contribution is -2.29. The summed E-state index contributed by atoms with van der Waals surface area (Å²) in [6.45, 7) is 4.74. The van der Waals surface area contributed by atoms with E-state index >= 15 is 0 Å². The van der Waals surface area contributed by atoms with Crippen molar-refractivity contribution >= 4 is 17.4 Å². The molecular weight excluding hydrogens is 544 g/mol. The Hall–Kier alpha value is -5.11. The first kappa shape index (κ1) is 28.0. The van der Waals surface area contributed by atoms with Crippen LogP contribution in [0.4, 0.5) is 0 Å². The summed E-state index contributed by atoms with van der Waals surface area (Å²) in [5, 5.41) is 11.6. The molecule has 43 heavy (non-hydrogen) atoms. The normalized spacial score (nSPS) is 18.8. The number of pyridine rings is 1. The van der Waals surface area contributed by atoms with Gasteiger partial charge >= 0.3 is 0 Å². The topological polar surface area (TPSA) is 98.2 Å². The number of nitrogens with zero attached hydrogens (tertiary/aromatic N) is 2. The summed E-state index contributed by atoms with van der Waals surface area (Å²) < 4.78 is 17.9. The number of aromatic nitrogens is 1. The van der Waals surface area contributed by atoms with E-state index in [2.05, 4.69) is 4.98 Å². The largest absolute Gasteiger partial charge is 0.507 e. The van der Waals surface area contributed by atoms with Gasteiger partial charge in [0, 0.05) is 30.9 Å². The molecule has 2 aliphatic rings. The minimum absolute atomic E-state index is 0.0198. The number of hydrogen-bond donors (Lipinski definition) is 1. The van der Waals surface area contributed by atoms with E-state index in [0.29, 0.717) is 42.3 Å². The van der Waals surface area contributed by atoms with E-state index in [4.69, 9.17) is 14.2 Å². The SMILES string of the molecule is CCOc1cc([C@H]2/C(=C(\O)c3ccc4c(c3)C[C@@H](C)O4)C(=O)C(=O)N2Cc2ccncc2)ccc1OCc1ccccc1. The molecule has 2 atom stereocenters. The second kappa shape index (κ2) is 12.0. The van der Waals surface area contributed by atoms with Crippen LogP contribution >= 0.6 is 0 Å². The molecule has 1 aromatic heterocycles. The van der Waals surface area contributed by atoms with Gasteiger partial charge in [0.1, 0.15) is 24.2 Å². The highest BCUT2D eigenvalue weighted by Gasteiger charge is 2.46. The van der Waals surface area contributed by atoms with Crippen LogP contribution in [0.1, 0.15) is 47.7 Å². The highest BCUT2D eigenvalue weighted by Crippen LogP contribution is 2.43. The van der Waals surface area contributed by atoms with Gasteiger partial charge in [-0.05, 0) is 78.6 Å². The van der Waals surface area contributed by atoms with Crippen molar-refractivity contribution in [3.8, 4) is 17.2 Å². The molecule has 6 rings (SSSR count). The lowest BCUT2D eigenvalue weighted by Gasteiger charge is -2.26. The van der Waals surface area contributed by atoms with Crippen LogP contribution in [0.5, 0.6) is 17.2 Å². The van der Waals surface area contributed by atoms with Crippen LogP contribution in [0, 0.1) is 0 Å². The summed E-state index contributed by atoms with van der Waals surface area (Å²) in [5.74, 6) is 0.103. The Morgan fingerprint density at radius 1 is 0.953 bits per heavy atom. The zero-order valence-electron chi connectivity index (χ0n) is 24.0. The minimum atomic E-state index is -0.862. The number of ketones is 1. The molecule has 1 N–H and O–H groups in total. The molecule has 8 nitrogen and oxygen atoms in total. The molecule has 0 spiro atoms. The van der Waals surface area contributed by atoms with Gasteiger partial charge in [-0.3, -0.25) is 14.6 Å². The lowest BCUT2D eigenvalue weighted by molar-refractivity contribution is -0.140. The second-order valence-corrected chi connectivity index (χ2v) is 10.7. The molecule has 0 saturated carbocycles. The average Bonchev–Trinajstić information content (AvgIpc) is 3.52. The van der Waals surface area contributed by atoms with Gasteiger partial charge in [0.05, 0.1) is 18.2 Å². The molecule has 3 aromatic carbocycles. The standard InChI is InChI=1S/C35H32N2O6/c1-3-41-30-19-25(9-12-29(30)42-21-24-7-5-4-6-8-24)32-31(33(38)26-10-11-28-27(18-26)17-22(2)43-28)34(39)35(40)37(32)20-23-13-15-36-16-14-23/h4-16,18-19,22,32,38H,3,17,20-21H2,1-2H3/b33-31+/t22-,32+/m1/s1. The summed E-state index contributed by atoms with van der Waals surface area (Å²) in [7, 11) is 0. The first-order valence-corrected chi connectivity index (χ1v) is 14.3. The molecule has 1 fully saturated rings. The summed E-state index contributed by atoms with van der Waals surface area (Å²) in [5.41, 5.74) is 3.84. The van der Waals surface area contributed by atoms with E-state index < -0.39 is 17.7 Å². The van der Waals surface area contributed by atoms with E-state index in [1.807, 2.05) is 56.3 Å². The maximum atomic E-state index is 13.6.